The van der Waals surface area contributed by atoms with E-state index in [0.717, 1.165) is 11.1 Å². The Morgan fingerprint density at radius 2 is 1.59 bits per heavy atom. The fraction of sp³-hybridized carbons (Fsp3) is 0.500. The molecule has 3 aliphatic carbocycles. The molecule has 4 aliphatic rings. The molecule has 2 atom stereocenters. The zero-order valence-corrected chi connectivity index (χ0v) is 15.1. The van der Waals surface area contributed by atoms with Crippen molar-refractivity contribution in [3.8, 4) is 0 Å². The third-order valence-electron chi connectivity index (χ3n) is 4.99. The maximum absolute atomic E-state index is 6.56. The summed E-state index contributed by atoms with van der Waals surface area (Å²) in [7, 11) is 0. The zero-order valence-electron chi connectivity index (χ0n) is 12.1. The van der Waals surface area contributed by atoms with Gasteiger partial charge in [0.15, 0.2) is 5.79 Å². The summed E-state index contributed by atoms with van der Waals surface area (Å²) in [6, 6.07) is 0. The van der Waals surface area contributed by atoms with Crippen LogP contribution >= 0.6 is 46.4 Å². The quantitative estimate of drug-likeness (QED) is 0.324. The van der Waals surface area contributed by atoms with Gasteiger partial charge >= 0.3 is 0 Å². The normalized spacial score (nSPS) is 31.5. The van der Waals surface area contributed by atoms with Crippen LogP contribution in [0.25, 0.3) is 0 Å². The number of hydrogen-bond donors (Lipinski definition) is 0. The van der Waals surface area contributed by atoms with E-state index in [2.05, 4.69) is 19.9 Å². The van der Waals surface area contributed by atoms with Crippen molar-refractivity contribution in [1.29, 1.82) is 0 Å². The van der Waals surface area contributed by atoms with Gasteiger partial charge in [0.1, 0.15) is 0 Å². The van der Waals surface area contributed by atoms with Crippen LogP contribution in [0.3, 0.4) is 0 Å². The first-order valence-electron chi connectivity index (χ1n) is 7.14. The second-order valence-corrected chi connectivity index (χ2v) is 7.98. The van der Waals surface area contributed by atoms with Gasteiger partial charge in [-0.3, -0.25) is 0 Å². The Morgan fingerprint density at radius 3 is 2.23 bits per heavy atom. The molecule has 0 radical (unpaired) electrons. The van der Waals surface area contributed by atoms with Crippen LogP contribution < -0.4 is 0 Å². The lowest BCUT2D eigenvalue weighted by Gasteiger charge is -2.53. The minimum atomic E-state index is -0.676. The summed E-state index contributed by atoms with van der Waals surface area (Å²) in [5, 5.41) is 1.54. The SMILES string of the molecule is CC1=C[C@@]2(C)CC3(OCCO3)[C@H]1c1c(Cl)c(Cl)c(Cl)c(Cl)c12. The molecule has 1 aliphatic heterocycles. The highest BCUT2D eigenvalue weighted by Gasteiger charge is 2.59. The molecule has 1 aromatic carbocycles. The van der Waals surface area contributed by atoms with Crippen LogP contribution in [0.2, 0.25) is 20.1 Å². The van der Waals surface area contributed by atoms with Gasteiger partial charge in [-0.15, -0.1) is 0 Å². The Labute approximate surface area is 149 Å². The summed E-state index contributed by atoms with van der Waals surface area (Å²) in [5.41, 5.74) is 2.68. The molecule has 2 nitrogen and oxygen atoms in total. The van der Waals surface area contributed by atoms with Crippen molar-refractivity contribution < 1.29 is 9.47 Å². The van der Waals surface area contributed by atoms with Gasteiger partial charge in [-0.25, -0.2) is 0 Å². The molecule has 0 aromatic heterocycles. The van der Waals surface area contributed by atoms with E-state index in [9.17, 15) is 0 Å². The lowest BCUT2D eigenvalue weighted by atomic mass is 9.57. The van der Waals surface area contributed by atoms with Gasteiger partial charge in [0.05, 0.1) is 39.2 Å². The molecular formula is C16H14Cl4O2. The Kier molecular flexibility index (Phi) is 3.38. The maximum atomic E-state index is 6.56. The predicted molar refractivity (Wildman–Crippen MR) is 89.6 cm³/mol. The summed E-state index contributed by atoms with van der Waals surface area (Å²) < 4.78 is 12.1. The molecular weight excluding hydrogens is 366 g/mol. The molecule has 118 valence electrons. The van der Waals surface area contributed by atoms with Gasteiger partial charge in [0.2, 0.25) is 0 Å². The van der Waals surface area contributed by atoms with Gasteiger partial charge in [-0.2, -0.15) is 0 Å². The first-order valence-corrected chi connectivity index (χ1v) is 8.65. The number of ether oxygens (including phenoxy) is 2. The predicted octanol–water partition coefficient (Wildman–Crippen LogP) is 5.75. The van der Waals surface area contributed by atoms with Crippen LogP contribution in [0.5, 0.6) is 0 Å². The number of hydrogen-bond acceptors (Lipinski definition) is 2. The van der Waals surface area contributed by atoms with Gasteiger partial charge in [0.25, 0.3) is 0 Å². The first-order chi connectivity index (χ1) is 10.3. The van der Waals surface area contributed by atoms with E-state index >= 15 is 0 Å². The summed E-state index contributed by atoms with van der Waals surface area (Å²) in [4.78, 5) is 0. The molecule has 6 heteroatoms. The lowest BCUT2D eigenvalue weighted by molar-refractivity contribution is -0.189. The highest BCUT2D eigenvalue weighted by Crippen LogP contribution is 2.63. The summed E-state index contributed by atoms with van der Waals surface area (Å²) in [5.74, 6) is -0.781. The molecule has 22 heavy (non-hydrogen) atoms. The number of allylic oxidation sites excluding steroid dienone is 1. The Morgan fingerprint density at radius 1 is 1.00 bits per heavy atom. The van der Waals surface area contributed by atoms with E-state index in [1.54, 1.807) is 0 Å². The van der Waals surface area contributed by atoms with E-state index in [4.69, 9.17) is 55.9 Å². The van der Waals surface area contributed by atoms with Gasteiger partial charge in [-0.05, 0) is 18.1 Å². The van der Waals surface area contributed by atoms with Gasteiger partial charge in [-0.1, -0.05) is 65.0 Å². The van der Waals surface area contributed by atoms with E-state index in [0.29, 0.717) is 39.7 Å². The maximum Gasteiger partial charge on any atom is 0.180 e. The molecule has 0 unspecified atom stereocenters. The Hall–Kier alpha value is 0.0400. The highest BCUT2D eigenvalue weighted by atomic mass is 35.5. The van der Waals surface area contributed by atoms with Crippen molar-refractivity contribution in [2.75, 3.05) is 13.2 Å². The third-order valence-corrected chi connectivity index (χ3v) is 6.81. The first kappa shape index (κ1) is 15.6. The van der Waals surface area contributed by atoms with Crippen molar-refractivity contribution in [3.63, 3.8) is 0 Å². The van der Waals surface area contributed by atoms with Crippen molar-refractivity contribution in [2.45, 2.75) is 37.4 Å². The summed E-state index contributed by atoms with van der Waals surface area (Å²) >= 11 is 25.7. The molecule has 1 saturated heterocycles. The topological polar surface area (TPSA) is 18.5 Å². The molecule has 1 spiro atoms. The molecule has 0 saturated carbocycles. The van der Waals surface area contributed by atoms with Gasteiger partial charge < -0.3 is 9.47 Å². The average molecular weight is 380 g/mol. The molecule has 2 bridgehead atoms. The fourth-order valence-corrected chi connectivity index (χ4v) is 5.62. The second kappa shape index (κ2) is 4.78. The molecule has 1 aromatic rings. The van der Waals surface area contributed by atoms with E-state index in [-0.39, 0.29) is 11.3 Å². The van der Waals surface area contributed by atoms with Crippen LogP contribution in [0.4, 0.5) is 0 Å². The number of halogens is 4. The standard InChI is InChI=1S/C16H14Cl4O2/c1-7-5-15(2)6-16(21-3-4-22-16)9(7)8-10(15)12(18)14(20)13(19)11(8)17/h5,9H,3-4,6H2,1-2H3/t9-,15+/m1/s1. The fourth-order valence-electron chi connectivity index (χ4n) is 4.42. The summed E-state index contributed by atoms with van der Waals surface area (Å²) in [6.07, 6.45) is 2.92. The number of rotatable bonds is 0. The smallest absolute Gasteiger partial charge is 0.180 e. The largest absolute Gasteiger partial charge is 0.347 e. The molecule has 0 amide bonds. The van der Waals surface area contributed by atoms with Crippen LogP contribution in [-0.2, 0) is 14.9 Å². The minimum absolute atomic E-state index is 0.105. The second-order valence-electron chi connectivity index (χ2n) is 6.47. The monoisotopic (exact) mass is 378 g/mol. The number of benzene rings is 1. The Balaban J connectivity index is 2.09. The Bertz CT molecular complexity index is 722. The zero-order chi connectivity index (χ0) is 15.9. The van der Waals surface area contributed by atoms with Crippen molar-refractivity contribution in [3.05, 3.63) is 42.9 Å². The van der Waals surface area contributed by atoms with Crippen LogP contribution in [0.15, 0.2) is 11.6 Å². The van der Waals surface area contributed by atoms with Crippen molar-refractivity contribution in [1.82, 2.24) is 0 Å². The van der Waals surface area contributed by atoms with Crippen LogP contribution in [0, 0.1) is 0 Å². The third kappa shape index (κ3) is 1.77. The van der Waals surface area contributed by atoms with E-state index < -0.39 is 5.79 Å². The van der Waals surface area contributed by atoms with Crippen LogP contribution in [0.1, 0.15) is 37.3 Å². The molecule has 5 rings (SSSR count). The van der Waals surface area contributed by atoms with Crippen molar-refractivity contribution >= 4 is 46.4 Å². The molecule has 1 heterocycles. The average Bonchev–Trinajstić information content (AvgIpc) is 2.88. The van der Waals surface area contributed by atoms with E-state index in [1.165, 1.54) is 5.57 Å². The minimum Gasteiger partial charge on any atom is -0.347 e. The van der Waals surface area contributed by atoms with Gasteiger partial charge in [0, 0.05) is 11.8 Å². The van der Waals surface area contributed by atoms with E-state index in [1.807, 2.05) is 0 Å². The summed E-state index contributed by atoms with van der Waals surface area (Å²) in [6.45, 7) is 5.36. The lowest BCUT2D eigenvalue weighted by Crippen LogP contribution is -2.52. The molecule has 0 N–H and O–H groups in total. The highest BCUT2D eigenvalue weighted by molar-refractivity contribution is 6.52. The molecule has 1 fully saturated rings. The van der Waals surface area contributed by atoms with Crippen molar-refractivity contribution in [2.24, 2.45) is 0 Å². The van der Waals surface area contributed by atoms with Crippen LogP contribution in [-0.4, -0.2) is 19.0 Å².